The van der Waals surface area contributed by atoms with E-state index in [4.69, 9.17) is 15.2 Å². The minimum Gasteiger partial charge on any atom is -0.456 e. The molecule has 2 rings (SSSR count). The average Bonchev–Trinajstić information content (AvgIpc) is 2.54. The average molecular weight is 343 g/mol. The number of hydrogen-bond acceptors (Lipinski definition) is 5. The first-order valence-corrected chi connectivity index (χ1v) is 7.70. The number of aromatic nitrogens is 1. The molecule has 0 aliphatic heterocycles. The standard InChI is InChI=1S/C18H21N3O4/c1-18(2,3)15(25-17(19)23)16(22)21-12-6-8-13(9-7-12)24-14-5-4-10-20-11-14/h4-11,15H,1-3H3,(H2,19,23)(H,21,22). The zero-order valence-corrected chi connectivity index (χ0v) is 14.4. The first-order valence-electron chi connectivity index (χ1n) is 7.70. The van der Waals surface area contributed by atoms with Gasteiger partial charge in [0, 0.05) is 17.3 Å². The largest absolute Gasteiger partial charge is 0.456 e. The summed E-state index contributed by atoms with van der Waals surface area (Å²) in [5.74, 6) is 0.765. The highest BCUT2D eigenvalue weighted by atomic mass is 16.6. The highest BCUT2D eigenvalue weighted by molar-refractivity contribution is 5.95. The van der Waals surface area contributed by atoms with Crippen LogP contribution in [-0.4, -0.2) is 23.1 Å². The number of benzene rings is 1. The molecular weight excluding hydrogens is 322 g/mol. The molecule has 0 radical (unpaired) electrons. The lowest BCUT2D eigenvalue weighted by Gasteiger charge is -2.28. The molecule has 1 unspecified atom stereocenters. The maximum Gasteiger partial charge on any atom is 0.405 e. The van der Waals surface area contributed by atoms with Gasteiger partial charge in [-0.25, -0.2) is 4.79 Å². The fourth-order valence-corrected chi connectivity index (χ4v) is 2.10. The molecule has 0 saturated carbocycles. The molecule has 1 aromatic carbocycles. The van der Waals surface area contributed by atoms with Crippen LogP contribution in [0.25, 0.3) is 0 Å². The van der Waals surface area contributed by atoms with Gasteiger partial charge in [-0.2, -0.15) is 0 Å². The zero-order valence-electron chi connectivity index (χ0n) is 14.4. The van der Waals surface area contributed by atoms with E-state index in [1.807, 2.05) is 0 Å². The molecular formula is C18H21N3O4. The Balaban J connectivity index is 2.04. The van der Waals surface area contributed by atoms with Crippen LogP contribution in [0.5, 0.6) is 11.5 Å². The molecule has 2 aromatic rings. The van der Waals surface area contributed by atoms with Crippen LogP contribution in [0, 0.1) is 5.41 Å². The first kappa shape index (κ1) is 18.3. The quantitative estimate of drug-likeness (QED) is 0.866. The van der Waals surface area contributed by atoms with Gasteiger partial charge in [0.25, 0.3) is 5.91 Å². The van der Waals surface area contributed by atoms with Gasteiger partial charge in [-0.05, 0) is 36.4 Å². The molecule has 7 heteroatoms. The molecule has 25 heavy (non-hydrogen) atoms. The molecule has 1 aromatic heterocycles. The lowest BCUT2D eigenvalue weighted by Crippen LogP contribution is -2.43. The Morgan fingerprint density at radius 2 is 1.80 bits per heavy atom. The molecule has 132 valence electrons. The van der Waals surface area contributed by atoms with Gasteiger partial charge >= 0.3 is 6.09 Å². The number of ether oxygens (including phenoxy) is 2. The topological polar surface area (TPSA) is 104 Å². The van der Waals surface area contributed by atoms with Crippen LogP contribution in [0.4, 0.5) is 10.5 Å². The van der Waals surface area contributed by atoms with Crippen molar-refractivity contribution in [2.75, 3.05) is 5.32 Å². The predicted octanol–water partition coefficient (Wildman–Crippen LogP) is 3.32. The second kappa shape index (κ2) is 7.65. The monoisotopic (exact) mass is 343 g/mol. The number of pyridine rings is 1. The van der Waals surface area contributed by atoms with Crippen molar-refractivity contribution in [3.8, 4) is 11.5 Å². The molecule has 3 N–H and O–H groups in total. The van der Waals surface area contributed by atoms with Gasteiger partial charge in [0.1, 0.15) is 11.5 Å². The Morgan fingerprint density at radius 1 is 1.12 bits per heavy atom. The van der Waals surface area contributed by atoms with E-state index in [9.17, 15) is 9.59 Å². The van der Waals surface area contributed by atoms with Gasteiger partial charge in [0.15, 0.2) is 6.10 Å². The van der Waals surface area contributed by atoms with Crippen molar-refractivity contribution in [2.24, 2.45) is 11.1 Å². The molecule has 2 amide bonds. The number of carbonyl (C=O) groups is 2. The predicted molar refractivity (Wildman–Crippen MR) is 93.3 cm³/mol. The summed E-state index contributed by atoms with van der Waals surface area (Å²) in [5, 5.41) is 2.71. The van der Waals surface area contributed by atoms with E-state index in [0.717, 1.165) is 0 Å². The zero-order chi connectivity index (χ0) is 18.4. The molecule has 1 heterocycles. The van der Waals surface area contributed by atoms with E-state index < -0.39 is 23.5 Å². The van der Waals surface area contributed by atoms with Crippen molar-refractivity contribution < 1.29 is 19.1 Å². The van der Waals surface area contributed by atoms with Gasteiger partial charge in [-0.1, -0.05) is 20.8 Å². The number of nitrogens with zero attached hydrogens (tertiary/aromatic N) is 1. The van der Waals surface area contributed by atoms with E-state index >= 15 is 0 Å². The van der Waals surface area contributed by atoms with Gasteiger partial charge in [-0.3, -0.25) is 9.78 Å². The third-order valence-corrected chi connectivity index (χ3v) is 3.25. The number of nitrogens with one attached hydrogen (secondary N) is 1. The van der Waals surface area contributed by atoms with Gasteiger partial charge in [0.05, 0.1) is 6.20 Å². The molecule has 0 aliphatic carbocycles. The van der Waals surface area contributed by atoms with Crippen LogP contribution in [0.3, 0.4) is 0 Å². The normalized spacial score (nSPS) is 12.1. The number of anilines is 1. The fourth-order valence-electron chi connectivity index (χ4n) is 2.10. The molecule has 0 aliphatic rings. The van der Waals surface area contributed by atoms with E-state index in [1.54, 1.807) is 69.6 Å². The summed E-state index contributed by atoms with van der Waals surface area (Å²) in [5.41, 5.74) is 5.00. The molecule has 0 saturated heterocycles. The van der Waals surface area contributed by atoms with Crippen molar-refractivity contribution in [3.05, 3.63) is 48.8 Å². The number of carbonyl (C=O) groups excluding carboxylic acids is 2. The maximum absolute atomic E-state index is 12.4. The Kier molecular flexibility index (Phi) is 5.59. The molecule has 0 bridgehead atoms. The Bertz CT molecular complexity index is 724. The van der Waals surface area contributed by atoms with Crippen LogP contribution < -0.4 is 15.8 Å². The number of primary amides is 1. The summed E-state index contributed by atoms with van der Waals surface area (Å²) >= 11 is 0. The number of amides is 2. The SMILES string of the molecule is CC(C)(C)C(OC(N)=O)C(=O)Nc1ccc(Oc2cccnc2)cc1. The highest BCUT2D eigenvalue weighted by Crippen LogP contribution is 2.25. The van der Waals surface area contributed by atoms with Crippen molar-refractivity contribution in [1.29, 1.82) is 0 Å². The minimum atomic E-state index is -1.00. The van der Waals surface area contributed by atoms with Crippen LogP contribution in [0.1, 0.15) is 20.8 Å². The highest BCUT2D eigenvalue weighted by Gasteiger charge is 2.34. The molecule has 0 spiro atoms. The second-order valence-corrected chi connectivity index (χ2v) is 6.49. The Morgan fingerprint density at radius 3 is 2.32 bits per heavy atom. The van der Waals surface area contributed by atoms with Crippen LogP contribution in [-0.2, 0) is 9.53 Å². The van der Waals surface area contributed by atoms with Gasteiger partial charge < -0.3 is 20.5 Å². The van der Waals surface area contributed by atoms with Crippen molar-refractivity contribution in [1.82, 2.24) is 4.98 Å². The van der Waals surface area contributed by atoms with Crippen LogP contribution >= 0.6 is 0 Å². The first-order chi connectivity index (χ1) is 11.8. The summed E-state index contributed by atoms with van der Waals surface area (Å²) in [6, 6.07) is 10.4. The van der Waals surface area contributed by atoms with Crippen molar-refractivity contribution in [3.63, 3.8) is 0 Å². The van der Waals surface area contributed by atoms with E-state index in [1.165, 1.54) is 0 Å². The Labute approximate surface area is 146 Å². The Hall–Kier alpha value is -3.09. The molecule has 0 fully saturated rings. The lowest BCUT2D eigenvalue weighted by molar-refractivity contribution is -0.129. The van der Waals surface area contributed by atoms with E-state index in [-0.39, 0.29) is 0 Å². The molecule has 7 nitrogen and oxygen atoms in total. The van der Waals surface area contributed by atoms with Gasteiger partial charge in [-0.15, -0.1) is 0 Å². The summed E-state index contributed by atoms with van der Waals surface area (Å²) < 4.78 is 10.6. The minimum absolute atomic E-state index is 0.452. The van der Waals surface area contributed by atoms with Gasteiger partial charge in [0.2, 0.25) is 0 Å². The smallest absolute Gasteiger partial charge is 0.405 e. The second-order valence-electron chi connectivity index (χ2n) is 6.49. The van der Waals surface area contributed by atoms with Crippen LogP contribution in [0.2, 0.25) is 0 Å². The summed E-state index contributed by atoms with van der Waals surface area (Å²) in [7, 11) is 0. The molecule has 1 atom stereocenters. The third-order valence-electron chi connectivity index (χ3n) is 3.25. The number of hydrogen-bond donors (Lipinski definition) is 2. The fraction of sp³-hybridized carbons (Fsp3) is 0.278. The van der Waals surface area contributed by atoms with Crippen LogP contribution in [0.15, 0.2) is 48.8 Å². The van der Waals surface area contributed by atoms with Crippen molar-refractivity contribution >= 4 is 17.7 Å². The number of rotatable bonds is 5. The van der Waals surface area contributed by atoms with E-state index in [0.29, 0.717) is 17.2 Å². The lowest BCUT2D eigenvalue weighted by atomic mass is 9.88. The van der Waals surface area contributed by atoms with Crippen molar-refractivity contribution in [2.45, 2.75) is 26.9 Å². The summed E-state index contributed by atoms with van der Waals surface area (Å²) in [4.78, 5) is 27.4. The third kappa shape index (κ3) is 5.49. The van der Waals surface area contributed by atoms with E-state index in [2.05, 4.69) is 10.3 Å². The number of nitrogens with two attached hydrogens (primary N) is 1. The summed E-state index contributed by atoms with van der Waals surface area (Å²) in [6.45, 7) is 5.35. The maximum atomic E-state index is 12.4. The summed E-state index contributed by atoms with van der Waals surface area (Å²) in [6.07, 6.45) is 1.27.